The van der Waals surface area contributed by atoms with Gasteiger partial charge in [-0.05, 0) is 0 Å². The topological polar surface area (TPSA) is 66.4 Å². The number of carbonyl (C=O) groups excluding carboxylic acids is 1. The number of hydrogen-bond donors (Lipinski definition) is 2. The van der Waals surface area contributed by atoms with Crippen LogP contribution in [-0.4, -0.2) is 23.2 Å². The van der Waals surface area contributed by atoms with Crippen LogP contribution >= 0.6 is 22.9 Å². The van der Waals surface area contributed by atoms with Gasteiger partial charge in [0.1, 0.15) is 20.5 Å². The third kappa shape index (κ3) is 3.33. The zero-order valence-electron chi connectivity index (χ0n) is 8.82. The summed E-state index contributed by atoms with van der Waals surface area (Å²) in [7, 11) is 0. The summed E-state index contributed by atoms with van der Waals surface area (Å²) in [6.07, 6.45) is -10.6. The van der Waals surface area contributed by atoms with Gasteiger partial charge in [-0.15, -0.1) is 11.3 Å². The highest BCUT2D eigenvalue weighted by Gasteiger charge is 2.44. The first-order valence-electron chi connectivity index (χ1n) is 4.36. The molecule has 0 unspecified atom stereocenters. The summed E-state index contributed by atoms with van der Waals surface area (Å²) in [6, 6.07) is 0. The number of anilines is 1. The van der Waals surface area contributed by atoms with E-state index in [0.29, 0.717) is 0 Å². The van der Waals surface area contributed by atoms with Crippen molar-refractivity contribution in [2.75, 3.05) is 5.32 Å². The molecule has 0 radical (unpaired) electrons. The molecule has 4 nitrogen and oxygen atoms in total. The summed E-state index contributed by atoms with van der Waals surface area (Å²) in [5, 5.41) is 8.57. The number of halogens is 7. The number of alkyl halides is 6. The first kappa shape index (κ1) is 16.6. The maximum atomic E-state index is 12.6. The molecule has 1 aromatic rings. The fourth-order valence-electron chi connectivity index (χ4n) is 1.12. The number of thiophene rings is 1. The molecule has 1 aromatic heterocycles. The lowest BCUT2D eigenvalue weighted by Crippen LogP contribution is -2.30. The summed E-state index contributed by atoms with van der Waals surface area (Å²) in [5.74, 6) is -4.77. The SMILES string of the molecule is O=C(O)c1c(NC(=O)C(F)(F)F)sc(Cl)c1C(F)(F)F. The van der Waals surface area contributed by atoms with Gasteiger partial charge < -0.3 is 10.4 Å². The van der Waals surface area contributed by atoms with Crippen molar-refractivity contribution < 1.29 is 41.0 Å². The van der Waals surface area contributed by atoms with Gasteiger partial charge in [-0.25, -0.2) is 4.79 Å². The minimum atomic E-state index is -5.38. The fraction of sp³-hybridized carbons (Fsp3) is 0.250. The van der Waals surface area contributed by atoms with Crippen molar-refractivity contribution in [1.29, 1.82) is 0 Å². The Balaban J connectivity index is 3.37. The lowest BCUT2D eigenvalue weighted by Gasteiger charge is -2.09. The van der Waals surface area contributed by atoms with Crippen molar-refractivity contribution in [3.05, 3.63) is 15.5 Å². The van der Waals surface area contributed by atoms with Gasteiger partial charge in [0, 0.05) is 0 Å². The molecule has 0 aliphatic heterocycles. The van der Waals surface area contributed by atoms with Crippen LogP contribution in [0.4, 0.5) is 31.3 Å². The van der Waals surface area contributed by atoms with E-state index in [1.165, 1.54) is 0 Å². The van der Waals surface area contributed by atoms with Crippen LogP contribution in [-0.2, 0) is 11.0 Å². The van der Waals surface area contributed by atoms with Crippen LogP contribution in [0.2, 0.25) is 4.34 Å². The molecule has 0 aliphatic rings. The molecule has 0 aliphatic carbocycles. The summed E-state index contributed by atoms with van der Waals surface area (Å²) in [4.78, 5) is 21.4. The minimum absolute atomic E-state index is 0.127. The van der Waals surface area contributed by atoms with E-state index in [-0.39, 0.29) is 11.3 Å². The van der Waals surface area contributed by atoms with Gasteiger partial charge in [0.15, 0.2) is 0 Å². The van der Waals surface area contributed by atoms with E-state index in [4.69, 9.17) is 16.7 Å². The van der Waals surface area contributed by atoms with Crippen LogP contribution in [0.1, 0.15) is 15.9 Å². The Bertz CT molecular complexity index is 564. The quantitative estimate of drug-likeness (QED) is 0.807. The number of carboxylic acid groups (broad SMARTS) is 1. The molecule has 0 spiro atoms. The molecule has 20 heavy (non-hydrogen) atoms. The highest BCUT2D eigenvalue weighted by molar-refractivity contribution is 7.20. The Morgan fingerprint density at radius 1 is 1.15 bits per heavy atom. The van der Waals surface area contributed by atoms with Crippen molar-refractivity contribution in [1.82, 2.24) is 0 Å². The number of amides is 1. The number of nitrogens with one attached hydrogen (secondary N) is 1. The van der Waals surface area contributed by atoms with Gasteiger partial charge in [-0.3, -0.25) is 4.79 Å². The molecular weight excluding hydrogens is 340 g/mol. The van der Waals surface area contributed by atoms with E-state index in [1.54, 1.807) is 0 Å². The Labute approximate surface area is 114 Å². The monoisotopic (exact) mass is 341 g/mol. The van der Waals surface area contributed by atoms with Crippen LogP contribution in [0, 0.1) is 0 Å². The molecule has 0 atom stereocenters. The molecular formula is C8H2ClF6NO3S. The third-order valence-electron chi connectivity index (χ3n) is 1.85. The zero-order valence-corrected chi connectivity index (χ0v) is 10.4. The second-order valence-electron chi connectivity index (χ2n) is 3.21. The van der Waals surface area contributed by atoms with E-state index in [0.717, 1.165) is 5.32 Å². The second-order valence-corrected chi connectivity index (χ2v) is 4.83. The van der Waals surface area contributed by atoms with Gasteiger partial charge in [0.2, 0.25) is 0 Å². The maximum absolute atomic E-state index is 12.6. The fourth-order valence-corrected chi connectivity index (χ4v) is 2.49. The van der Waals surface area contributed by atoms with Crippen molar-refractivity contribution in [3.63, 3.8) is 0 Å². The molecule has 0 saturated heterocycles. The van der Waals surface area contributed by atoms with E-state index in [2.05, 4.69) is 0 Å². The van der Waals surface area contributed by atoms with E-state index < -0.39 is 44.7 Å². The predicted octanol–water partition coefficient (Wildman–Crippen LogP) is 3.62. The van der Waals surface area contributed by atoms with E-state index >= 15 is 0 Å². The summed E-state index contributed by atoms with van der Waals surface area (Å²) < 4.78 is 72.6. The normalized spacial score (nSPS) is 12.3. The molecule has 0 bridgehead atoms. The van der Waals surface area contributed by atoms with Crippen LogP contribution in [0.3, 0.4) is 0 Å². The van der Waals surface area contributed by atoms with Gasteiger partial charge in [0.25, 0.3) is 0 Å². The Morgan fingerprint density at radius 3 is 2.00 bits per heavy atom. The van der Waals surface area contributed by atoms with Crippen molar-refractivity contribution in [2.45, 2.75) is 12.4 Å². The Kier molecular flexibility index (Phi) is 4.25. The lowest BCUT2D eigenvalue weighted by molar-refractivity contribution is -0.167. The molecule has 112 valence electrons. The number of aromatic carboxylic acids is 1. The van der Waals surface area contributed by atoms with Crippen molar-refractivity contribution in [3.8, 4) is 0 Å². The number of hydrogen-bond acceptors (Lipinski definition) is 3. The number of carbonyl (C=O) groups is 2. The van der Waals surface area contributed by atoms with Crippen LogP contribution in [0.5, 0.6) is 0 Å². The molecule has 0 saturated carbocycles. The first-order chi connectivity index (χ1) is 8.85. The average molecular weight is 342 g/mol. The van der Waals surface area contributed by atoms with Crippen LogP contribution in [0.25, 0.3) is 0 Å². The van der Waals surface area contributed by atoms with Gasteiger partial charge in [-0.2, -0.15) is 26.3 Å². The number of carboxylic acids is 1. The second kappa shape index (κ2) is 5.13. The highest BCUT2D eigenvalue weighted by Crippen LogP contribution is 2.46. The van der Waals surface area contributed by atoms with Crippen LogP contribution < -0.4 is 5.32 Å². The van der Waals surface area contributed by atoms with E-state index in [9.17, 15) is 35.9 Å². The summed E-state index contributed by atoms with van der Waals surface area (Å²) in [6.45, 7) is 0. The van der Waals surface area contributed by atoms with Crippen molar-refractivity contribution >= 4 is 39.8 Å². The smallest absolute Gasteiger partial charge is 0.471 e. The highest BCUT2D eigenvalue weighted by atomic mass is 35.5. The standard InChI is InChI=1S/C8H2ClF6NO3S/c9-3-2(7(10,11)12)1(5(17)18)4(20-3)16-6(19)8(13,14)15/h(H,16,19)(H,17,18). The van der Waals surface area contributed by atoms with Crippen molar-refractivity contribution in [2.24, 2.45) is 0 Å². The molecule has 0 aromatic carbocycles. The molecule has 1 amide bonds. The molecule has 0 fully saturated rings. The zero-order chi connectivity index (χ0) is 15.9. The van der Waals surface area contributed by atoms with Gasteiger partial charge >= 0.3 is 24.2 Å². The molecule has 2 N–H and O–H groups in total. The predicted molar refractivity (Wildman–Crippen MR) is 56.0 cm³/mol. The number of rotatable bonds is 2. The Morgan fingerprint density at radius 2 is 1.65 bits per heavy atom. The third-order valence-corrected chi connectivity index (χ3v) is 3.16. The van der Waals surface area contributed by atoms with Gasteiger partial charge in [0.05, 0.1) is 0 Å². The molecule has 1 rings (SSSR count). The summed E-state index contributed by atoms with van der Waals surface area (Å²) in [5.41, 5.74) is -3.35. The maximum Gasteiger partial charge on any atom is 0.471 e. The average Bonchev–Trinajstić information content (AvgIpc) is 2.52. The first-order valence-corrected chi connectivity index (χ1v) is 5.56. The largest absolute Gasteiger partial charge is 0.478 e. The minimum Gasteiger partial charge on any atom is -0.478 e. The van der Waals surface area contributed by atoms with Crippen LogP contribution in [0.15, 0.2) is 0 Å². The molecule has 1 heterocycles. The summed E-state index contributed by atoms with van der Waals surface area (Å²) >= 11 is 5.05. The molecule has 12 heteroatoms. The van der Waals surface area contributed by atoms with E-state index in [1.807, 2.05) is 0 Å². The lowest BCUT2D eigenvalue weighted by atomic mass is 10.2. The Hall–Kier alpha value is -1.49. The van der Waals surface area contributed by atoms with Gasteiger partial charge in [-0.1, -0.05) is 11.6 Å².